The van der Waals surface area contributed by atoms with Gasteiger partial charge in [-0.25, -0.2) is 4.79 Å². The van der Waals surface area contributed by atoms with Crippen molar-refractivity contribution < 1.29 is 34.1 Å². The summed E-state index contributed by atoms with van der Waals surface area (Å²) in [5, 5.41) is 41.5. The van der Waals surface area contributed by atoms with Crippen LogP contribution in [0, 0.1) is 40.4 Å². The number of fused-ring (bicyclic) bond motifs is 2. The fourth-order valence-corrected chi connectivity index (χ4v) is 17.6. The Morgan fingerprint density at radius 2 is 1.83 bits per heavy atom. The van der Waals surface area contributed by atoms with Crippen molar-refractivity contribution >= 4 is 17.5 Å². The number of rotatable bonds is 11. The molecule has 2 spiro atoms. The number of aliphatic hydroxyl groups is 2. The minimum atomic E-state index is -2.26. The van der Waals surface area contributed by atoms with E-state index in [0.717, 1.165) is 132 Å². The number of dihydropyridines is 2. The third kappa shape index (κ3) is 9.00. The van der Waals surface area contributed by atoms with Crippen LogP contribution in [-0.2, 0) is 20.7 Å². The zero-order valence-electron chi connectivity index (χ0n) is 46.2. The maximum Gasteiger partial charge on any atom is 0.350 e. The van der Waals surface area contributed by atoms with Crippen molar-refractivity contribution in [1.82, 2.24) is 26.6 Å². The summed E-state index contributed by atoms with van der Waals surface area (Å²) in [6.45, 7) is 7.55. The van der Waals surface area contributed by atoms with Crippen LogP contribution in [0.4, 0.5) is 0 Å². The molecule has 13 atom stereocenters. The third-order valence-electron chi connectivity index (χ3n) is 21.6. The van der Waals surface area contributed by atoms with Crippen LogP contribution in [0.5, 0.6) is 0 Å². The van der Waals surface area contributed by atoms with Crippen molar-refractivity contribution in [3.63, 3.8) is 0 Å². The summed E-state index contributed by atoms with van der Waals surface area (Å²) in [5.74, 6) is -0.110. The number of ketones is 2. The molecule has 4 fully saturated rings. The predicted molar refractivity (Wildman–Crippen MR) is 298 cm³/mol. The summed E-state index contributed by atoms with van der Waals surface area (Å²) in [5.41, 5.74) is 8.84. The minimum absolute atomic E-state index is 0.114. The first-order chi connectivity index (χ1) is 37.2. The number of likely N-dealkylation sites (N-methyl/N-ethyl adjacent to an activating group) is 1. The molecule has 1 saturated heterocycles. The van der Waals surface area contributed by atoms with Crippen LogP contribution in [0.25, 0.3) is 0 Å². The zero-order chi connectivity index (χ0) is 53.5. The number of epoxide rings is 1. The Bertz CT molecular complexity index is 2780. The Balaban J connectivity index is 0.961. The molecule has 3 saturated carbocycles. The van der Waals surface area contributed by atoms with Crippen LogP contribution >= 0.6 is 0 Å². The molecule has 13 nitrogen and oxygen atoms in total. The first-order valence-electron chi connectivity index (χ1n) is 29.9. The summed E-state index contributed by atoms with van der Waals surface area (Å²) in [6, 6.07) is 5.58. The number of carbonyl (C=O) groups excluding carboxylic acids is 3. The summed E-state index contributed by atoms with van der Waals surface area (Å²) in [4.78, 5) is 48.4. The van der Waals surface area contributed by atoms with Crippen molar-refractivity contribution in [2.75, 3.05) is 26.7 Å². The van der Waals surface area contributed by atoms with E-state index >= 15 is 14.4 Å². The van der Waals surface area contributed by atoms with E-state index in [9.17, 15) is 10.2 Å². The maximum absolute atomic E-state index is 16.3. The number of ether oxygens (including phenoxy) is 2. The van der Waals surface area contributed by atoms with Gasteiger partial charge in [0.1, 0.15) is 11.9 Å². The average molecular weight is 1050 g/mol. The molecule has 5 aliphatic heterocycles. The molecular formula is C64H86N6O7. The number of nitrogens with one attached hydrogen (secondary N) is 5. The second kappa shape index (κ2) is 20.5. The van der Waals surface area contributed by atoms with Gasteiger partial charge < -0.3 is 52.0 Å². The number of carbonyl (C=O) groups is 3. The molecule has 0 amide bonds. The monoisotopic (exact) mass is 1050 g/mol. The van der Waals surface area contributed by atoms with Crippen LogP contribution in [0.1, 0.15) is 169 Å². The summed E-state index contributed by atoms with van der Waals surface area (Å²) in [7, 11) is 1.97. The molecule has 1 aromatic carbocycles. The van der Waals surface area contributed by atoms with Gasteiger partial charge in [0, 0.05) is 47.7 Å². The standard InChI is InChI=1S/C64H86N6O7/c1-5-69-62-33-42-14-10-13-40-12-6-7-24-60(3,30-39-18-21-52(65)68-36-39)31-43-15-11-16-47-54(43)57(74)64(59(75)76-55(50(62)28-48(40)42)49-29-51(72)61(25-8-9-26-61)32-44(49)34-62)63(77-64,56(47)73)35-45(37-71)38(2)17-19-41-23-27-67-58-46(41)20-22-53(66-4)70-58/h10-11,14-16,18,21,23,33,36,40,44,48-53,55,66-72H,5-9,12-13,17,19-20,22,24-32,34-35,37,65H2,1-4H3. The van der Waals surface area contributed by atoms with Gasteiger partial charge in [-0.2, -0.15) is 0 Å². The van der Waals surface area contributed by atoms with E-state index in [2.05, 4.69) is 70.8 Å². The zero-order valence-corrected chi connectivity index (χ0v) is 46.2. The number of benzene rings is 1. The molecule has 13 heteroatoms. The highest BCUT2D eigenvalue weighted by atomic mass is 16.7. The lowest BCUT2D eigenvalue weighted by molar-refractivity contribution is -0.183. The number of hydrogen-bond acceptors (Lipinski definition) is 13. The molecule has 12 rings (SSSR count). The molecule has 6 aliphatic carbocycles. The second-order valence-corrected chi connectivity index (χ2v) is 26.1. The first-order valence-corrected chi connectivity index (χ1v) is 29.9. The molecular weight excluding hydrogens is 965 g/mol. The number of nitrogens with two attached hydrogens (primary N) is 1. The number of hydrogen-bond donors (Lipinski definition) is 8. The highest BCUT2D eigenvalue weighted by Gasteiger charge is 2.86. The summed E-state index contributed by atoms with van der Waals surface area (Å²) >= 11 is 0. The Morgan fingerprint density at radius 3 is 2.61 bits per heavy atom. The highest BCUT2D eigenvalue weighted by molar-refractivity contribution is 6.33. The second-order valence-electron chi connectivity index (χ2n) is 26.1. The third-order valence-corrected chi connectivity index (χ3v) is 21.6. The van der Waals surface area contributed by atoms with Gasteiger partial charge in [0.15, 0.2) is 11.4 Å². The van der Waals surface area contributed by atoms with Crippen LogP contribution in [0.15, 0.2) is 100 Å². The molecule has 414 valence electrons. The number of Topliss-reactive ketones (excluding diaryl/α,β-unsaturated/α-hetero) is 2. The molecule has 77 heavy (non-hydrogen) atoms. The van der Waals surface area contributed by atoms with Crippen molar-refractivity contribution in [2.45, 2.75) is 190 Å². The summed E-state index contributed by atoms with van der Waals surface area (Å²) < 4.78 is 14.1. The van der Waals surface area contributed by atoms with E-state index in [1.165, 1.54) is 16.7 Å². The van der Waals surface area contributed by atoms with Gasteiger partial charge in [0.2, 0.25) is 5.78 Å². The molecule has 9 N–H and O–H groups in total. The van der Waals surface area contributed by atoms with Crippen LogP contribution in [-0.4, -0.2) is 95.8 Å². The van der Waals surface area contributed by atoms with Crippen molar-refractivity contribution in [1.29, 1.82) is 0 Å². The van der Waals surface area contributed by atoms with Gasteiger partial charge in [-0.3, -0.25) is 9.59 Å². The number of esters is 1. The smallest absolute Gasteiger partial charge is 0.350 e. The minimum Gasteiger partial charge on any atom is -0.459 e. The van der Waals surface area contributed by atoms with Crippen molar-refractivity contribution in [3.8, 4) is 0 Å². The van der Waals surface area contributed by atoms with E-state index in [0.29, 0.717) is 37.3 Å². The van der Waals surface area contributed by atoms with E-state index in [-0.39, 0.29) is 71.0 Å². The van der Waals surface area contributed by atoms with E-state index in [4.69, 9.17) is 15.2 Å². The van der Waals surface area contributed by atoms with Gasteiger partial charge in [-0.15, -0.1) is 0 Å². The molecule has 4 bridgehead atoms. The van der Waals surface area contributed by atoms with Gasteiger partial charge in [0.25, 0.3) is 5.60 Å². The Hall–Kier alpha value is -4.63. The molecule has 5 heterocycles. The van der Waals surface area contributed by atoms with E-state index < -0.39 is 46.5 Å². The van der Waals surface area contributed by atoms with Gasteiger partial charge in [-0.05, 0) is 185 Å². The Morgan fingerprint density at radius 1 is 1.00 bits per heavy atom. The number of aliphatic hydroxyl groups excluding tert-OH is 2. The molecule has 11 aliphatic rings. The summed E-state index contributed by atoms with van der Waals surface area (Å²) in [6.07, 6.45) is 31.1. The maximum atomic E-state index is 16.3. The predicted octanol–water partition coefficient (Wildman–Crippen LogP) is 8.31. The van der Waals surface area contributed by atoms with Crippen LogP contribution in [0.3, 0.4) is 0 Å². The van der Waals surface area contributed by atoms with Crippen molar-refractivity contribution in [3.05, 3.63) is 117 Å². The first kappa shape index (κ1) is 53.0. The molecule has 13 unspecified atom stereocenters. The quantitative estimate of drug-likeness (QED) is 0.0456. The highest BCUT2D eigenvalue weighted by Crippen LogP contribution is 2.64. The lowest BCUT2D eigenvalue weighted by atomic mass is 9.49. The van der Waals surface area contributed by atoms with Crippen molar-refractivity contribution in [2.24, 2.45) is 46.2 Å². The normalized spacial score (nSPS) is 39.0. The van der Waals surface area contributed by atoms with Crippen LogP contribution in [0.2, 0.25) is 0 Å². The number of allylic oxidation sites excluding steroid dienone is 8. The average Bonchev–Trinajstić information content (AvgIpc) is 2.96. The van der Waals surface area contributed by atoms with Gasteiger partial charge in [-0.1, -0.05) is 93.7 Å². The topological polar surface area (TPSA) is 200 Å². The van der Waals surface area contributed by atoms with E-state index in [1.807, 2.05) is 38.4 Å². The Kier molecular flexibility index (Phi) is 14.1. The molecule has 1 aromatic rings. The fraction of sp³-hybridized carbons (Fsp3) is 0.641. The SMILES string of the molecule is CCNC12C=C3C=CCC4CCCCC(C)(CC5=CNC(N)C=C5)Cc5cccc6c5C(=O)C5(OC5(CC(CO)=C(C)CCC5=CCNC7=C5CCC(NC)N7)C6=O)C(=O)OC(C5CC(O)C6(CCCC6)CC5C1)C2CC34. The molecule has 0 radical (unpaired) electrons. The Labute approximate surface area is 456 Å². The lowest BCUT2D eigenvalue weighted by Crippen LogP contribution is -2.66. The molecule has 0 aromatic heterocycles. The van der Waals surface area contributed by atoms with E-state index in [1.54, 1.807) is 6.07 Å². The van der Waals surface area contributed by atoms with Crippen LogP contribution < -0.4 is 32.3 Å². The lowest BCUT2D eigenvalue weighted by Gasteiger charge is -2.60. The van der Waals surface area contributed by atoms with Gasteiger partial charge in [0.05, 0.1) is 25.0 Å². The largest absolute Gasteiger partial charge is 0.459 e. The fourth-order valence-electron chi connectivity index (χ4n) is 17.6. The van der Waals surface area contributed by atoms with Gasteiger partial charge >= 0.3 is 5.97 Å².